The second-order valence-corrected chi connectivity index (χ2v) is 6.08. The highest BCUT2D eigenvalue weighted by atomic mass is 15.3. The first kappa shape index (κ1) is 14.8. The molecular weight excluding hydrogens is 252 g/mol. The molecule has 0 aliphatic heterocycles. The van der Waals surface area contributed by atoms with Gasteiger partial charge in [0.1, 0.15) is 0 Å². The van der Waals surface area contributed by atoms with E-state index >= 15 is 0 Å². The molecule has 0 spiro atoms. The molecule has 0 unspecified atom stereocenters. The second kappa shape index (κ2) is 5.81. The molecular formula is C14H26N6. The van der Waals surface area contributed by atoms with Gasteiger partial charge >= 0.3 is 0 Å². The van der Waals surface area contributed by atoms with E-state index in [1.807, 2.05) is 25.9 Å². The van der Waals surface area contributed by atoms with Crippen LogP contribution in [-0.2, 0) is 0 Å². The zero-order valence-corrected chi connectivity index (χ0v) is 13.2. The summed E-state index contributed by atoms with van der Waals surface area (Å²) in [6.45, 7) is 8.35. The molecule has 6 nitrogen and oxygen atoms in total. The summed E-state index contributed by atoms with van der Waals surface area (Å²) in [5.74, 6) is 2.65. The molecule has 1 aromatic rings. The van der Waals surface area contributed by atoms with Gasteiger partial charge < -0.3 is 15.5 Å². The van der Waals surface area contributed by atoms with Crippen LogP contribution in [0, 0.1) is 11.3 Å². The van der Waals surface area contributed by atoms with Gasteiger partial charge in [-0.15, -0.1) is 0 Å². The molecule has 20 heavy (non-hydrogen) atoms. The zero-order valence-electron chi connectivity index (χ0n) is 13.2. The topological polar surface area (TPSA) is 66.0 Å². The Bertz CT molecular complexity index is 453. The lowest BCUT2D eigenvalue weighted by atomic mass is 9.92. The van der Waals surface area contributed by atoms with Crippen LogP contribution in [0.3, 0.4) is 0 Å². The molecule has 0 aromatic carbocycles. The monoisotopic (exact) mass is 278 g/mol. The van der Waals surface area contributed by atoms with Gasteiger partial charge in [-0.1, -0.05) is 13.8 Å². The van der Waals surface area contributed by atoms with Crippen LogP contribution in [0.4, 0.5) is 17.8 Å². The smallest absolute Gasteiger partial charge is 0.231 e. The molecule has 112 valence electrons. The first-order valence-electron chi connectivity index (χ1n) is 7.38. The van der Waals surface area contributed by atoms with E-state index in [-0.39, 0.29) is 0 Å². The fourth-order valence-corrected chi connectivity index (χ4v) is 2.25. The minimum absolute atomic E-state index is 0.434. The number of hydrogen-bond donors (Lipinski definition) is 2. The minimum Gasteiger partial charge on any atom is -0.354 e. The van der Waals surface area contributed by atoms with Gasteiger partial charge in [-0.05, 0) is 31.1 Å². The number of rotatable bonds is 7. The van der Waals surface area contributed by atoms with Crippen LogP contribution in [0.1, 0.15) is 33.6 Å². The van der Waals surface area contributed by atoms with Crippen molar-refractivity contribution in [2.75, 3.05) is 42.7 Å². The van der Waals surface area contributed by atoms with E-state index in [9.17, 15) is 0 Å². The molecule has 1 fully saturated rings. The van der Waals surface area contributed by atoms with Gasteiger partial charge in [0.15, 0.2) is 0 Å². The lowest BCUT2D eigenvalue weighted by Crippen LogP contribution is -2.23. The molecule has 6 heteroatoms. The van der Waals surface area contributed by atoms with Crippen LogP contribution < -0.4 is 15.5 Å². The molecule has 1 saturated carbocycles. The third-order valence-corrected chi connectivity index (χ3v) is 4.07. The largest absolute Gasteiger partial charge is 0.354 e. The van der Waals surface area contributed by atoms with Crippen molar-refractivity contribution in [1.29, 1.82) is 0 Å². The second-order valence-electron chi connectivity index (χ2n) is 6.08. The van der Waals surface area contributed by atoms with Gasteiger partial charge in [0.2, 0.25) is 17.8 Å². The Morgan fingerprint density at radius 3 is 2.15 bits per heavy atom. The van der Waals surface area contributed by atoms with Crippen LogP contribution in [0.15, 0.2) is 0 Å². The molecule has 2 rings (SSSR count). The number of aromatic nitrogens is 3. The SMILES string of the molecule is CCNc1nc(NCC2(C(C)C)CC2)nc(N(C)C)n1. The standard InChI is InChI=1S/C14H26N6/c1-6-15-11-17-12(19-13(18-11)20(4)5)16-9-14(7-8-14)10(2)3/h10H,6-9H2,1-5H3,(H2,15,16,17,18,19). The summed E-state index contributed by atoms with van der Waals surface area (Å²) in [6.07, 6.45) is 2.59. The molecule has 1 aliphatic carbocycles. The fourth-order valence-electron chi connectivity index (χ4n) is 2.25. The molecule has 1 heterocycles. The van der Waals surface area contributed by atoms with Gasteiger partial charge in [0.05, 0.1) is 0 Å². The van der Waals surface area contributed by atoms with Crippen molar-refractivity contribution in [2.24, 2.45) is 11.3 Å². The lowest BCUT2D eigenvalue weighted by Gasteiger charge is -2.20. The lowest BCUT2D eigenvalue weighted by molar-refractivity contribution is 0.379. The summed E-state index contributed by atoms with van der Waals surface area (Å²) >= 11 is 0. The van der Waals surface area contributed by atoms with E-state index in [1.165, 1.54) is 12.8 Å². The summed E-state index contributed by atoms with van der Waals surface area (Å²) in [5, 5.41) is 6.54. The van der Waals surface area contributed by atoms with E-state index < -0.39 is 0 Å². The maximum Gasteiger partial charge on any atom is 0.231 e. The molecule has 0 atom stereocenters. The van der Waals surface area contributed by atoms with Crippen LogP contribution in [0.2, 0.25) is 0 Å². The van der Waals surface area contributed by atoms with Gasteiger partial charge in [-0.25, -0.2) is 0 Å². The van der Waals surface area contributed by atoms with Crippen molar-refractivity contribution < 1.29 is 0 Å². The summed E-state index contributed by atoms with van der Waals surface area (Å²) in [4.78, 5) is 15.1. The molecule has 0 amide bonds. The Kier molecular flexibility index (Phi) is 4.30. The predicted octanol–water partition coefficient (Wildman–Crippen LogP) is 2.22. The third-order valence-electron chi connectivity index (χ3n) is 4.07. The minimum atomic E-state index is 0.434. The predicted molar refractivity (Wildman–Crippen MR) is 83.3 cm³/mol. The summed E-state index contributed by atoms with van der Waals surface area (Å²) in [7, 11) is 3.87. The first-order chi connectivity index (χ1) is 9.47. The van der Waals surface area contributed by atoms with Crippen molar-refractivity contribution >= 4 is 17.8 Å². The highest BCUT2D eigenvalue weighted by Gasteiger charge is 2.45. The summed E-state index contributed by atoms with van der Waals surface area (Å²) in [5.41, 5.74) is 0.434. The van der Waals surface area contributed by atoms with Gasteiger partial charge in [-0.2, -0.15) is 15.0 Å². The number of nitrogens with zero attached hydrogens (tertiary/aromatic N) is 4. The summed E-state index contributed by atoms with van der Waals surface area (Å²) in [6, 6.07) is 0. The molecule has 1 aliphatic rings. The van der Waals surface area contributed by atoms with E-state index in [2.05, 4.69) is 39.4 Å². The van der Waals surface area contributed by atoms with E-state index in [1.54, 1.807) is 0 Å². The molecule has 0 radical (unpaired) electrons. The van der Waals surface area contributed by atoms with Crippen molar-refractivity contribution in [3.05, 3.63) is 0 Å². The highest BCUT2D eigenvalue weighted by Crippen LogP contribution is 2.51. The fraction of sp³-hybridized carbons (Fsp3) is 0.786. The van der Waals surface area contributed by atoms with Crippen molar-refractivity contribution in [1.82, 2.24) is 15.0 Å². The quantitative estimate of drug-likeness (QED) is 0.797. The van der Waals surface area contributed by atoms with E-state index in [0.29, 0.717) is 29.2 Å². The molecule has 0 saturated heterocycles. The molecule has 1 aromatic heterocycles. The van der Waals surface area contributed by atoms with Gasteiger partial charge in [0, 0.05) is 27.2 Å². The highest BCUT2D eigenvalue weighted by molar-refractivity contribution is 5.43. The van der Waals surface area contributed by atoms with Crippen molar-refractivity contribution in [3.8, 4) is 0 Å². The van der Waals surface area contributed by atoms with Crippen LogP contribution in [0.25, 0.3) is 0 Å². The first-order valence-corrected chi connectivity index (χ1v) is 7.38. The van der Waals surface area contributed by atoms with Gasteiger partial charge in [-0.3, -0.25) is 0 Å². The number of nitrogens with one attached hydrogen (secondary N) is 2. The zero-order chi connectivity index (χ0) is 14.8. The van der Waals surface area contributed by atoms with Crippen LogP contribution >= 0.6 is 0 Å². The Morgan fingerprint density at radius 2 is 1.70 bits per heavy atom. The van der Waals surface area contributed by atoms with E-state index in [0.717, 1.165) is 13.1 Å². The average Bonchev–Trinajstić information content (AvgIpc) is 3.17. The Morgan fingerprint density at radius 1 is 1.10 bits per heavy atom. The number of anilines is 3. The molecule has 2 N–H and O–H groups in total. The van der Waals surface area contributed by atoms with Crippen LogP contribution in [-0.4, -0.2) is 42.1 Å². The summed E-state index contributed by atoms with van der Waals surface area (Å²) < 4.78 is 0. The average molecular weight is 278 g/mol. The Balaban J connectivity index is 2.10. The third kappa shape index (κ3) is 3.29. The van der Waals surface area contributed by atoms with Crippen molar-refractivity contribution in [3.63, 3.8) is 0 Å². The van der Waals surface area contributed by atoms with E-state index in [4.69, 9.17) is 0 Å². The normalized spacial score (nSPS) is 16.1. The van der Waals surface area contributed by atoms with Crippen molar-refractivity contribution in [2.45, 2.75) is 33.6 Å². The number of hydrogen-bond acceptors (Lipinski definition) is 6. The Labute approximate surface area is 121 Å². The van der Waals surface area contributed by atoms with Gasteiger partial charge in [0.25, 0.3) is 0 Å². The Hall–Kier alpha value is -1.59. The maximum absolute atomic E-state index is 4.46. The maximum atomic E-state index is 4.46. The van der Waals surface area contributed by atoms with Crippen LogP contribution in [0.5, 0.6) is 0 Å². The molecule has 0 bridgehead atoms.